The van der Waals surface area contributed by atoms with Crippen LogP contribution in [-0.4, -0.2) is 23.9 Å². The van der Waals surface area contributed by atoms with E-state index in [9.17, 15) is 19.2 Å². The monoisotopic (exact) mass is 280 g/mol. The summed E-state index contributed by atoms with van der Waals surface area (Å²) < 4.78 is 8.70. The van der Waals surface area contributed by atoms with Gasteiger partial charge >= 0.3 is 23.9 Å². The summed E-state index contributed by atoms with van der Waals surface area (Å²) >= 11 is 0. The average molecular weight is 280 g/mol. The van der Waals surface area contributed by atoms with Crippen molar-refractivity contribution in [3.05, 3.63) is 36.5 Å². The highest BCUT2D eigenvalue weighted by Crippen LogP contribution is 2.00. The van der Waals surface area contributed by atoms with Crippen LogP contribution in [-0.2, 0) is 28.7 Å². The molecule has 0 saturated heterocycles. The topological polar surface area (TPSA) is 86.7 Å². The lowest BCUT2D eigenvalue weighted by molar-refractivity contribution is -0.158. The van der Waals surface area contributed by atoms with Gasteiger partial charge in [0.2, 0.25) is 0 Å². The number of ether oxygens (including phenoxy) is 2. The van der Waals surface area contributed by atoms with Gasteiger partial charge in [0.1, 0.15) is 0 Å². The summed E-state index contributed by atoms with van der Waals surface area (Å²) in [5.41, 5.74) is 1.08. The molecular formula is C14H16O6. The molecule has 0 aliphatic carbocycles. The second-order valence-corrected chi connectivity index (χ2v) is 4.19. The zero-order valence-electron chi connectivity index (χ0n) is 11.4. The van der Waals surface area contributed by atoms with Crippen LogP contribution in [0.15, 0.2) is 36.5 Å². The van der Waals surface area contributed by atoms with Crippen LogP contribution in [0.4, 0.5) is 0 Å². The van der Waals surface area contributed by atoms with Crippen molar-refractivity contribution >= 4 is 23.9 Å². The van der Waals surface area contributed by atoms with Gasteiger partial charge in [-0.05, 0) is 13.8 Å². The van der Waals surface area contributed by atoms with Gasteiger partial charge < -0.3 is 9.47 Å². The molecule has 0 aliphatic rings. The van der Waals surface area contributed by atoms with Gasteiger partial charge in [-0.15, -0.1) is 0 Å². The van der Waals surface area contributed by atoms with Crippen LogP contribution >= 0.6 is 0 Å². The van der Waals surface area contributed by atoms with Crippen molar-refractivity contribution in [2.45, 2.75) is 26.7 Å². The van der Waals surface area contributed by atoms with Crippen molar-refractivity contribution in [1.29, 1.82) is 0 Å². The fourth-order valence-electron chi connectivity index (χ4n) is 0.993. The van der Waals surface area contributed by atoms with Crippen molar-refractivity contribution in [1.82, 2.24) is 0 Å². The molecule has 0 radical (unpaired) electrons. The van der Waals surface area contributed by atoms with E-state index < -0.39 is 23.9 Å². The van der Waals surface area contributed by atoms with Crippen molar-refractivity contribution in [2.24, 2.45) is 0 Å². The lowest BCUT2D eigenvalue weighted by atomic mass is 10.2. The molecule has 20 heavy (non-hydrogen) atoms. The molecule has 0 aliphatic heterocycles. The molecule has 6 nitrogen and oxygen atoms in total. The molecule has 0 aromatic heterocycles. The maximum Gasteiger partial charge on any atom is 0.338 e. The third-order valence-corrected chi connectivity index (χ3v) is 1.68. The number of hydrogen-bond donors (Lipinski definition) is 0. The van der Waals surface area contributed by atoms with Gasteiger partial charge in [-0.1, -0.05) is 24.3 Å². The summed E-state index contributed by atoms with van der Waals surface area (Å²) in [4.78, 5) is 44.5. The first-order valence-electron chi connectivity index (χ1n) is 5.66. The van der Waals surface area contributed by atoms with Crippen molar-refractivity contribution in [2.75, 3.05) is 0 Å². The predicted molar refractivity (Wildman–Crippen MR) is 70.2 cm³/mol. The van der Waals surface area contributed by atoms with Gasteiger partial charge in [-0.25, -0.2) is 9.59 Å². The molecular weight excluding hydrogens is 264 g/mol. The quantitative estimate of drug-likeness (QED) is 0.318. The Labute approximate surface area is 116 Å². The van der Waals surface area contributed by atoms with Gasteiger partial charge in [0, 0.05) is 12.2 Å². The Kier molecular flexibility index (Phi) is 7.50. The SMILES string of the molecule is C=C(C)CC(=O)OC(=O)/C=C\C(=O)OC(=O)CC(=C)C. The van der Waals surface area contributed by atoms with Crippen LogP contribution in [0.2, 0.25) is 0 Å². The van der Waals surface area contributed by atoms with Gasteiger partial charge in [0.25, 0.3) is 0 Å². The molecule has 0 aromatic carbocycles. The number of hydrogen-bond acceptors (Lipinski definition) is 6. The van der Waals surface area contributed by atoms with E-state index in [0.717, 1.165) is 0 Å². The third kappa shape index (κ3) is 9.52. The van der Waals surface area contributed by atoms with Crippen LogP contribution < -0.4 is 0 Å². The molecule has 0 amide bonds. The molecule has 0 fully saturated rings. The Hall–Kier alpha value is -2.50. The number of esters is 4. The average Bonchev–Trinajstić information content (AvgIpc) is 2.23. The first-order valence-corrected chi connectivity index (χ1v) is 5.66. The van der Waals surface area contributed by atoms with Gasteiger partial charge in [0.05, 0.1) is 12.8 Å². The molecule has 108 valence electrons. The summed E-state index contributed by atoms with van der Waals surface area (Å²) in [6.07, 6.45) is 1.21. The normalized spacial score (nSPS) is 9.90. The second kappa shape index (κ2) is 8.58. The van der Waals surface area contributed by atoms with E-state index in [0.29, 0.717) is 23.3 Å². The standard InChI is InChI=1S/C14H16O6/c1-9(2)7-13(17)19-11(15)5-6-12(16)20-14(18)8-10(3)4/h5-6H,1,3,7-8H2,2,4H3/b6-5-. The Balaban J connectivity index is 4.21. The number of carbonyl (C=O) groups excluding carboxylic acids is 4. The molecule has 0 heterocycles. The van der Waals surface area contributed by atoms with Crippen molar-refractivity contribution in [3.63, 3.8) is 0 Å². The molecule has 0 spiro atoms. The van der Waals surface area contributed by atoms with E-state index in [1.165, 1.54) is 0 Å². The van der Waals surface area contributed by atoms with E-state index >= 15 is 0 Å². The van der Waals surface area contributed by atoms with Gasteiger partial charge in [0.15, 0.2) is 0 Å². The Bertz CT molecular complexity index is 440. The van der Waals surface area contributed by atoms with Gasteiger partial charge in [-0.2, -0.15) is 0 Å². The molecule has 0 saturated carbocycles. The molecule has 0 bridgehead atoms. The maximum atomic E-state index is 11.1. The smallest absolute Gasteiger partial charge is 0.338 e. The van der Waals surface area contributed by atoms with E-state index in [-0.39, 0.29) is 12.8 Å². The molecule has 0 aromatic rings. The highest BCUT2D eigenvalue weighted by molar-refractivity contribution is 5.99. The van der Waals surface area contributed by atoms with Crippen LogP contribution in [0.3, 0.4) is 0 Å². The van der Waals surface area contributed by atoms with Crippen LogP contribution in [0, 0.1) is 0 Å². The van der Waals surface area contributed by atoms with Crippen LogP contribution in [0.1, 0.15) is 26.7 Å². The second-order valence-electron chi connectivity index (χ2n) is 4.19. The minimum atomic E-state index is -1.03. The van der Waals surface area contributed by atoms with Crippen molar-refractivity contribution in [3.8, 4) is 0 Å². The molecule has 6 heteroatoms. The van der Waals surface area contributed by atoms with E-state index in [1.54, 1.807) is 13.8 Å². The summed E-state index contributed by atoms with van der Waals surface area (Å²) in [5.74, 6) is -3.61. The molecule has 0 atom stereocenters. The minimum absolute atomic E-state index is 0.0961. The first-order chi connectivity index (χ1) is 9.20. The first kappa shape index (κ1) is 17.5. The zero-order valence-corrected chi connectivity index (χ0v) is 11.4. The fourth-order valence-corrected chi connectivity index (χ4v) is 0.993. The van der Waals surface area contributed by atoms with E-state index in [4.69, 9.17) is 0 Å². The van der Waals surface area contributed by atoms with E-state index in [1.807, 2.05) is 0 Å². The van der Waals surface area contributed by atoms with Crippen molar-refractivity contribution < 1.29 is 28.7 Å². The Morgan fingerprint density at radius 2 is 1.10 bits per heavy atom. The van der Waals surface area contributed by atoms with Crippen LogP contribution in [0.5, 0.6) is 0 Å². The summed E-state index contributed by atoms with van der Waals surface area (Å²) in [6, 6.07) is 0. The van der Waals surface area contributed by atoms with Crippen LogP contribution in [0.25, 0.3) is 0 Å². The molecule has 0 unspecified atom stereocenters. The zero-order chi connectivity index (χ0) is 15.7. The molecule has 0 rings (SSSR count). The maximum absolute atomic E-state index is 11.1. The minimum Gasteiger partial charge on any atom is -0.390 e. The lowest BCUT2D eigenvalue weighted by Crippen LogP contribution is -2.12. The molecule has 0 N–H and O–H groups in total. The summed E-state index contributed by atoms with van der Waals surface area (Å²) in [5, 5.41) is 0. The summed E-state index contributed by atoms with van der Waals surface area (Å²) in [7, 11) is 0. The number of rotatable bonds is 6. The Morgan fingerprint density at radius 1 is 0.800 bits per heavy atom. The predicted octanol–water partition coefficient (Wildman–Crippen LogP) is 1.61. The Morgan fingerprint density at radius 3 is 1.35 bits per heavy atom. The highest BCUT2D eigenvalue weighted by Gasteiger charge is 2.10. The largest absolute Gasteiger partial charge is 0.390 e. The number of carbonyl (C=O) groups is 4. The lowest BCUT2D eigenvalue weighted by Gasteiger charge is -2.00. The summed E-state index contributed by atoms with van der Waals surface area (Å²) in [6.45, 7) is 10.2. The van der Waals surface area contributed by atoms with Gasteiger partial charge in [-0.3, -0.25) is 9.59 Å². The van der Waals surface area contributed by atoms with E-state index in [2.05, 4.69) is 22.6 Å². The fraction of sp³-hybridized carbons (Fsp3) is 0.286. The highest BCUT2D eigenvalue weighted by atomic mass is 16.6. The third-order valence-electron chi connectivity index (χ3n) is 1.68.